The van der Waals surface area contributed by atoms with Crippen LogP contribution in [0.5, 0.6) is 0 Å². The molecule has 0 saturated carbocycles. The van der Waals surface area contributed by atoms with E-state index in [1.807, 2.05) is 0 Å². The molecule has 0 atom stereocenters. The van der Waals surface area contributed by atoms with Crippen molar-refractivity contribution < 1.29 is 13.1 Å². The minimum atomic E-state index is -1.50. The van der Waals surface area contributed by atoms with Gasteiger partial charge in [0.05, 0.1) is 0 Å². The molecule has 0 aromatic heterocycles. The Morgan fingerprint density at radius 1 is 1.71 bits per heavy atom. The minimum Gasteiger partial charge on any atom is -1.00 e. The minimum absolute atomic E-state index is 0. The van der Waals surface area contributed by atoms with E-state index >= 15 is 0 Å². The molecule has 0 saturated heterocycles. The molecular formula is H6BCaN2O3. The maximum absolute atomic E-state index is 8.36. The molecule has 0 aromatic rings. The first-order chi connectivity index (χ1) is 1.73. The van der Waals surface area contributed by atoms with E-state index in [1.165, 1.54) is 0 Å². The predicted molar refractivity (Wildman–Crippen MR) is 27.5 cm³/mol. The van der Waals surface area contributed by atoms with Crippen molar-refractivity contribution in [3.8, 4) is 0 Å². The summed E-state index contributed by atoms with van der Waals surface area (Å²) in [5, 5.41) is 13.6. The molecule has 0 aromatic carbocycles. The molecule has 5 nitrogen and oxygen atoms in total. The van der Waals surface area contributed by atoms with Crippen LogP contribution in [0.4, 0.5) is 0 Å². The van der Waals surface area contributed by atoms with Crippen molar-refractivity contribution in [3.05, 3.63) is 10.1 Å². The van der Waals surface area contributed by atoms with Gasteiger partial charge >= 0.3 is 37.7 Å². The van der Waals surface area contributed by atoms with Gasteiger partial charge in [0.15, 0.2) is 0 Å². The third kappa shape index (κ3) is 555. The third-order valence-corrected chi connectivity index (χ3v) is 0. The van der Waals surface area contributed by atoms with Crippen LogP contribution in [-0.2, 0) is 0 Å². The molecule has 0 unspecified atom stereocenters. The van der Waals surface area contributed by atoms with Crippen LogP contribution in [0, 0.1) is 10.1 Å². The van der Waals surface area contributed by atoms with Gasteiger partial charge in [-0.2, -0.15) is 0 Å². The van der Waals surface area contributed by atoms with Crippen LogP contribution in [0.3, 0.4) is 0 Å². The molecule has 0 aliphatic carbocycles. The first-order valence-electron chi connectivity index (χ1n) is 0.565. The van der Waals surface area contributed by atoms with Crippen LogP contribution in [0.2, 0.25) is 0 Å². The molecule has 0 heterocycles. The van der Waals surface area contributed by atoms with Crippen LogP contribution < -0.4 is 6.15 Å². The summed E-state index contributed by atoms with van der Waals surface area (Å²) < 4.78 is 0. The smallest absolute Gasteiger partial charge is 1.00 e. The molecule has 0 amide bonds. The van der Waals surface area contributed by atoms with Crippen molar-refractivity contribution >= 4 is 46.2 Å². The molecule has 0 aliphatic heterocycles. The Kier molecular flexibility index (Phi) is 59.5. The van der Waals surface area contributed by atoms with Gasteiger partial charge in [0.1, 0.15) is 0 Å². The molecule has 3 radical (unpaired) electrons. The van der Waals surface area contributed by atoms with Crippen molar-refractivity contribution in [2.75, 3.05) is 0 Å². The first-order valence-corrected chi connectivity index (χ1v) is 0.565. The zero-order valence-electron chi connectivity index (χ0n) is 5.70. The van der Waals surface area contributed by atoms with Crippen molar-refractivity contribution in [1.82, 2.24) is 6.15 Å². The van der Waals surface area contributed by atoms with E-state index in [4.69, 9.17) is 15.3 Å². The number of hydrogen-bond acceptors (Lipinski definition) is 3. The van der Waals surface area contributed by atoms with Gasteiger partial charge < -0.3 is 14.2 Å². The van der Waals surface area contributed by atoms with E-state index in [2.05, 4.69) is 0 Å². The topological polar surface area (TPSA) is 98.4 Å². The molecule has 0 fully saturated rings. The van der Waals surface area contributed by atoms with Gasteiger partial charge in [-0.25, -0.2) is 0 Å². The Labute approximate surface area is 75.3 Å². The SMILES string of the molecule is N.O=[N+]([O-])O.[B].[Ca+2].[H-].[H-]. The Balaban J connectivity index is -0.00000000450. The molecule has 7 heteroatoms. The van der Waals surface area contributed by atoms with Gasteiger partial charge in [-0.05, 0) is 0 Å². The Morgan fingerprint density at radius 3 is 1.71 bits per heavy atom. The van der Waals surface area contributed by atoms with Crippen LogP contribution in [0.1, 0.15) is 2.85 Å². The molecular weight excluding hydrogens is 127 g/mol. The molecule has 0 bridgehead atoms. The monoisotopic (exact) mass is 133 g/mol. The maximum Gasteiger partial charge on any atom is 2.00 e. The average molecular weight is 133 g/mol. The van der Waals surface area contributed by atoms with Gasteiger partial charge in [0.25, 0.3) is 5.09 Å². The summed E-state index contributed by atoms with van der Waals surface area (Å²) in [7, 11) is 0. The summed E-state index contributed by atoms with van der Waals surface area (Å²) in [5.74, 6) is 0. The second kappa shape index (κ2) is 16.1. The van der Waals surface area contributed by atoms with Gasteiger partial charge in [0.2, 0.25) is 0 Å². The summed E-state index contributed by atoms with van der Waals surface area (Å²) in [6.45, 7) is 0. The van der Waals surface area contributed by atoms with Crippen LogP contribution in [0.15, 0.2) is 0 Å². The molecule has 0 rings (SSSR count). The van der Waals surface area contributed by atoms with Gasteiger partial charge in [-0.15, -0.1) is 10.1 Å². The Bertz CT molecular complexity index is 42.8. The number of hydrogen-bond donors (Lipinski definition) is 2. The molecule has 7 heavy (non-hydrogen) atoms. The summed E-state index contributed by atoms with van der Waals surface area (Å²) in [4.78, 5) is 8.36. The van der Waals surface area contributed by atoms with E-state index in [0.29, 0.717) is 0 Å². The van der Waals surface area contributed by atoms with Crippen molar-refractivity contribution in [1.29, 1.82) is 0 Å². The maximum atomic E-state index is 8.36. The molecule has 0 aliphatic rings. The van der Waals surface area contributed by atoms with Gasteiger partial charge in [0, 0.05) is 8.41 Å². The number of nitrogens with zero attached hydrogens (tertiary/aromatic N) is 1. The Morgan fingerprint density at radius 2 is 1.71 bits per heavy atom. The summed E-state index contributed by atoms with van der Waals surface area (Å²) in [6, 6.07) is 0. The summed E-state index contributed by atoms with van der Waals surface area (Å²) in [6.07, 6.45) is 0. The Hall–Kier alpha value is 0.485. The fraction of sp³-hybridized carbons (Fsp3) is 0. The standard InChI is InChI=1S/B.Ca.HNO3.H3N.2H/c;;2-1(3)4;;;/h;;(H,2,3,4);1H3;;/q;+2;;;2*-1. The second-order valence-corrected chi connectivity index (χ2v) is 0.238. The average Bonchev–Trinajstić information content (AvgIpc) is 0.811. The summed E-state index contributed by atoms with van der Waals surface area (Å²) >= 11 is 0. The van der Waals surface area contributed by atoms with Gasteiger partial charge in [-0.1, -0.05) is 0 Å². The zero-order chi connectivity index (χ0) is 3.58. The molecule has 0 spiro atoms. The van der Waals surface area contributed by atoms with E-state index in [9.17, 15) is 0 Å². The van der Waals surface area contributed by atoms with Crippen molar-refractivity contribution in [2.45, 2.75) is 0 Å². The van der Waals surface area contributed by atoms with E-state index < -0.39 is 5.09 Å². The van der Waals surface area contributed by atoms with E-state index in [0.717, 1.165) is 0 Å². The predicted octanol–water partition coefficient (Wildman–Crippen LogP) is -0.722. The third-order valence-electron chi connectivity index (χ3n) is 0. The fourth-order valence-electron chi connectivity index (χ4n) is 0. The van der Waals surface area contributed by atoms with Crippen molar-refractivity contribution in [2.24, 2.45) is 0 Å². The molecule has 39 valence electrons. The van der Waals surface area contributed by atoms with E-state index in [-0.39, 0.29) is 55.2 Å². The van der Waals surface area contributed by atoms with Crippen LogP contribution in [0.25, 0.3) is 0 Å². The normalized spacial score (nSPS) is 3.43. The second-order valence-electron chi connectivity index (χ2n) is 0.238. The largest absolute Gasteiger partial charge is 2.00 e. The molecule has 4 N–H and O–H groups in total. The quantitative estimate of drug-likeness (QED) is 0.258. The van der Waals surface area contributed by atoms with Crippen LogP contribution >= 0.6 is 0 Å². The zero-order valence-corrected chi connectivity index (χ0v) is 5.91. The van der Waals surface area contributed by atoms with Crippen LogP contribution in [-0.4, -0.2) is 56.4 Å². The van der Waals surface area contributed by atoms with E-state index in [1.54, 1.807) is 0 Å². The number of rotatable bonds is 0. The first kappa shape index (κ1) is 25.9. The fourth-order valence-corrected chi connectivity index (χ4v) is 0. The van der Waals surface area contributed by atoms with Gasteiger partial charge in [-0.3, -0.25) is 0 Å². The van der Waals surface area contributed by atoms with Crippen molar-refractivity contribution in [3.63, 3.8) is 0 Å². The summed E-state index contributed by atoms with van der Waals surface area (Å²) in [5.41, 5.74) is 0.